The molecule has 7 nitrogen and oxygen atoms in total. The van der Waals surface area contributed by atoms with E-state index in [0.717, 1.165) is 15.9 Å². The normalized spacial score (nSPS) is 16.4. The second kappa shape index (κ2) is 6.70. The molecule has 1 atom stereocenters. The van der Waals surface area contributed by atoms with Crippen molar-refractivity contribution in [3.63, 3.8) is 0 Å². The minimum atomic E-state index is -0.401. The van der Waals surface area contributed by atoms with E-state index in [1.54, 1.807) is 23.4 Å². The van der Waals surface area contributed by atoms with Gasteiger partial charge < -0.3 is 9.30 Å². The van der Waals surface area contributed by atoms with Gasteiger partial charge in [0.15, 0.2) is 5.82 Å². The molecule has 0 saturated heterocycles. The van der Waals surface area contributed by atoms with Gasteiger partial charge in [0.05, 0.1) is 28.5 Å². The lowest BCUT2D eigenvalue weighted by atomic mass is 10.0. The highest BCUT2D eigenvalue weighted by atomic mass is 32.2. The van der Waals surface area contributed by atoms with Gasteiger partial charge in [0.25, 0.3) is 11.1 Å². The highest BCUT2D eigenvalue weighted by Crippen LogP contribution is 2.43. The van der Waals surface area contributed by atoms with Crippen molar-refractivity contribution in [2.45, 2.75) is 32.1 Å². The van der Waals surface area contributed by atoms with Crippen LogP contribution in [0.2, 0.25) is 0 Å². The number of pyridine rings is 1. The van der Waals surface area contributed by atoms with E-state index in [4.69, 9.17) is 4.74 Å². The summed E-state index contributed by atoms with van der Waals surface area (Å²) in [5.74, 6) is 1.30. The largest absolute Gasteiger partial charge is 0.497 e. The summed E-state index contributed by atoms with van der Waals surface area (Å²) in [4.78, 5) is 30.5. The van der Waals surface area contributed by atoms with Gasteiger partial charge in [0.1, 0.15) is 5.75 Å². The molecule has 0 aliphatic carbocycles. The lowest BCUT2D eigenvalue weighted by Crippen LogP contribution is -2.25. The fourth-order valence-electron chi connectivity index (χ4n) is 3.59. The topological polar surface area (TPSA) is 81.4 Å². The molecule has 146 valence electrons. The molecule has 3 heterocycles. The highest BCUT2D eigenvalue weighted by molar-refractivity contribution is 8.14. The third kappa shape index (κ3) is 2.79. The van der Waals surface area contributed by atoms with E-state index in [9.17, 15) is 9.59 Å². The molecule has 1 N–H and O–H groups in total. The Bertz CT molecular complexity index is 1230. The van der Waals surface area contributed by atoms with Crippen LogP contribution in [-0.4, -0.2) is 26.5 Å². The first kappa shape index (κ1) is 18.6. The molecule has 8 heteroatoms. The predicted molar refractivity (Wildman–Crippen MR) is 113 cm³/mol. The third-order valence-corrected chi connectivity index (χ3v) is 6.17. The number of aromatic nitrogens is 3. The van der Waals surface area contributed by atoms with E-state index in [0.29, 0.717) is 22.7 Å². The summed E-state index contributed by atoms with van der Waals surface area (Å²) in [6.07, 6.45) is 0. The molecular weight excluding hydrogens is 376 g/mol. The number of aromatic amines is 1. The Morgan fingerprint density at radius 2 is 2.00 bits per heavy atom. The van der Waals surface area contributed by atoms with Crippen molar-refractivity contribution < 1.29 is 4.74 Å². The van der Waals surface area contributed by atoms with Gasteiger partial charge in [-0.2, -0.15) is 0 Å². The number of fused-ring (bicyclic) bond motifs is 2. The zero-order valence-corrected chi connectivity index (χ0v) is 17.3. The summed E-state index contributed by atoms with van der Waals surface area (Å²) in [5.41, 5.74) is 1.57. The Kier molecular flexibility index (Phi) is 4.45. The van der Waals surface area contributed by atoms with Crippen LogP contribution in [0.15, 0.2) is 38.8 Å². The molecule has 1 aliphatic heterocycles. The Balaban J connectivity index is 1.97. The maximum Gasteiger partial charge on any atom is 0.271 e. The number of benzene rings is 1. The first-order valence-electron chi connectivity index (χ1n) is 9.05. The van der Waals surface area contributed by atoms with E-state index < -0.39 is 5.25 Å². The van der Waals surface area contributed by atoms with Gasteiger partial charge in [-0.3, -0.25) is 19.4 Å². The third-order valence-electron chi connectivity index (χ3n) is 5.01. The molecule has 1 aromatic carbocycles. The van der Waals surface area contributed by atoms with Crippen molar-refractivity contribution in [2.24, 2.45) is 12.0 Å². The van der Waals surface area contributed by atoms with E-state index >= 15 is 0 Å². The van der Waals surface area contributed by atoms with E-state index in [2.05, 4.69) is 10.1 Å². The molecule has 0 saturated carbocycles. The lowest BCUT2D eigenvalue weighted by Gasteiger charge is -2.22. The molecule has 4 rings (SSSR count). The number of methoxy groups -OCH3 is 1. The van der Waals surface area contributed by atoms with Crippen molar-refractivity contribution in [1.29, 1.82) is 0 Å². The Labute approximate surface area is 166 Å². The number of hydrogen-bond acceptors (Lipinski definition) is 5. The zero-order chi connectivity index (χ0) is 20.2. The monoisotopic (exact) mass is 398 g/mol. The number of nitrogens with one attached hydrogen (secondary N) is 1. The number of aryl methyl sites for hydroxylation is 1. The standard InChI is InChI=1S/C20H22N4O3S/c1-10(2)24-18-16(19(25)22-24)17(28-11(3)21-18)14-8-12-6-7-13(27-5)9-15(12)23(4)20(14)26/h6-10,17H,1-5H3,(H,22,25). The minimum Gasteiger partial charge on any atom is -0.497 e. The van der Waals surface area contributed by atoms with Crippen molar-refractivity contribution in [1.82, 2.24) is 14.3 Å². The van der Waals surface area contributed by atoms with Crippen molar-refractivity contribution in [3.8, 4) is 5.75 Å². The highest BCUT2D eigenvalue weighted by Gasteiger charge is 2.32. The van der Waals surface area contributed by atoms with Crippen LogP contribution in [0.4, 0.5) is 5.82 Å². The fraction of sp³-hybridized carbons (Fsp3) is 0.350. The van der Waals surface area contributed by atoms with Gasteiger partial charge in [-0.05, 0) is 44.4 Å². The molecule has 1 aliphatic rings. The van der Waals surface area contributed by atoms with Gasteiger partial charge in [-0.25, -0.2) is 4.99 Å². The van der Waals surface area contributed by atoms with E-state index in [1.165, 1.54) is 11.8 Å². The number of hydrogen-bond donors (Lipinski definition) is 1. The van der Waals surface area contributed by atoms with Crippen LogP contribution >= 0.6 is 11.8 Å². The SMILES string of the molecule is COc1ccc2cc(C3SC(C)=Nc4c3c(=O)[nH]n4C(C)C)c(=O)n(C)c2c1. The molecule has 0 amide bonds. The molecule has 0 spiro atoms. The fourth-order valence-corrected chi connectivity index (χ4v) is 4.69. The van der Waals surface area contributed by atoms with Gasteiger partial charge in [0, 0.05) is 24.7 Å². The van der Waals surface area contributed by atoms with Gasteiger partial charge in [0.2, 0.25) is 0 Å². The smallest absolute Gasteiger partial charge is 0.271 e. The maximum absolute atomic E-state index is 13.2. The number of rotatable bonds is 3. The zero-order valence-electron chi connectivity index (χ0n) is 16.4. The van der Waals surface area contributed by atoms with Crippen molar-refractivity contribution >= 4 is 33.5 Å². The van der Waals surface area contributed by atoms with Gasteiger partial charge in [-0.1, -0.05) is 11.8 Å². The molecule has 0 radical (unpaired) electrons. The molecule has 0 fully saturated rings. The molecular formula is C20H22N4O3S. The van der Waals surface area contributed by atoms with Crippen LogP contribution in [0, 0.1) is 0 Å². The van der Waals surface area contributed by atoms with Crippen molar-refractivity contribution in [3.05, 3.63) is 56.1 Å². The predicted octanol–water partition coefficient (Wildman–Crippen LogP) is 3.50. The molecule has 1 unspecified atom stereocenters. The first-order chi connectivity index (χ1) is 13.3. The van der Waals surface area contributed by atoms with Gasteiger partial charge >= 0.3 is 0 Å². The minimum absolute atomic E-state index is 0.0589. The lowest BCUT2D eigenvalue weighted by molar-refractivity contribution is 0.415. The van der Waals surface area contributed by atoms with Crippen LogP contribution in [0.25, 0.3) is 10.9 Å². The summed E-state index contributed by atoms with van der Waals surface area (Å²) in [7, 11) is 3.34. The number of ether oxygens (including phenoxy) is 1. The molecule has 3 aromatic rings. The summed E-state index contributed by atoms with van der Waals surface area (Å²) in [5, 5.41) is 4.21. The molecule has 28 heavy (non-hydrogen) atoms. The average molecular weight is 398 g/mol. The quantitative estimate of drug-likeness (QED) is 0.732. The second-order valence-corrected chi connectivity index (χ2v) is 8.46. The van der Waals surface area contributed by atoms with E-state index in [-0.39, 0.29) is 17.2 Å². The Morgan fingerprint density at radius 1 is 1.25 bits per heavy atom. The van der Waals surface area contributed by atoms with Gasteiger partial charge in [-0.15, -0.1) is 0 Å². The summed E-state index contributed by atoms with van der Waals surface area (Å²) in [6, 6.07) is 7.57. The number of nitrogens with zero attached hydrogens (tertiary/aromatic N) is 3. The Morgan fingerprint density at radius 3 is 2.68 bits per heavy atom. The van der Waals surface area contributed by atoms with Crippen LogP contribution in [0.1, 0.15) is 43.2 Å². The summed E-state index contributed by atoms with van der Waals surface area (Å²) in [6.45, 7) is 5.87. The second-order valence-electron chi connectivity index (χ2n) is 7.16. The first-order valence-corrected chi connectivity index (χ1v) is 9.93. The van der Waals surface area contributed by atoms with Crippen LogP contribution in [-0.2, 0) is 7.05 Å². The Hall–Kier alpha value is -2.74. The average Bonchev–Trinajstić information content (AvgIpc) is 3.00. The van der Waals surface area contributed by atoms with Crippen LogP contribution in [0.5, 0.6) is 5.75 Å². The molecule has 2 aromatic heterocycles. The van der Waals surface area contributed by atoms with Crippen molar-refractivity contribution in [2.75, 3.05) is 7.11 Å². The van der Waals surface area contributed by atoms with Crippen LogP contribution in [0.3, 0.4) is 0 Å². The number of thioether (sulfide) groups is 1. The number of aliphatic imine (C=N–C) groups is 1. The summed E-state index contributed by atoms with van der Waals surface area (Å²) < 4.78 is 8.66. The van der Waals surface area contributed by atoms with Crippen LogP contribution < -0.4 is 15.9 Å². The van der Waals surface area contributed by atoms with E-state index in [1.807, 2.05) is 45.0 Å². The summed E-state index contributed by atoms with van der Waals surface area (Å²) >= 11 is 1.44. The number of H-pyrrole nitrogens is 1. The molecule has 0 bridgehead atoms. The maximum atomic E-state index is 13.2.